The van der Waals surface area contributed by atoms with Crippen molar-refractivity contribution in [1.82, 2.24) is 0 Å². The molecule has 116 valence electrons. The van der Waals surface area contributed by atoms with Crippen molar-refractivity contribution in [2.45, 2.75) is 12.2 Å². The summed E-state index contributed by atoms with van der Waals surface area (Å²) in [5.41, 5.74) is -1.54. The maximum absolute atomic E-state index is 13.2. The molecule has 0 bridgehead atoms. The number of nitrogens with one attached hydrogen (secondary N) is 1. The number of hydrogen-bond donors (Lipinski definition) is 1. The molecule has 0 saturated heterocycles. The summed E-state index contributed by atoms with van der Waals surface area (Å²) in [4.78, 5) is 0. The Morgan fingerprint density at radius 3 is 2.13 bits per heavy atom. The highest BCUT2D eigenvalue weighted by Crippen LogP contribution is 2.50. The molecule has 2 rings (SSSR count). The van der Waals surface area contributed by atoms with E-state index in [2.05, 4.69) is 14.8 Å². The van der Waals surface area contributed by atoms with Crippen molar-refractivity contribution in [2.24, 2.45) is 0 Å². The quantitative estimate of drug-likeness (QED) is 0.663. The average Bonchev–Trinajstić information content (AvgIpc) is 2.48. The van der Waals surface area contributed by atoms with Crippen LogP contribution in [0.4, 0.5) is 23.2 Å². The van der Waals surface area contributed by atoms with E-state index in [-0.39, 0.29) is 5.69 Å². The highest BCUT2D eigenvalue weighted by molar-refractivity contribution is 5.69. The summed E-state index contributed by atoms with van der Waals surface area (Å²) in [6.07, 6.45) is -9.82. The lowest BCUT2D eigenvalue weighted by Gasteiger charge is -2.32. The molecule has 23 heavy (non-hydrogen) atoms. The van der Waals surface area contributed by atoms with Gasteiger partial charge in [-0.1, -0.05) is 6.07 Å². The molecule has 0 fully saturated rings. The van der Waals surface area contributed by atoms with Gasteiger partial charge in [-0.3, -0.25) is 0 Å². The highest BCUT2D eigenvalue weighted by atomic mass is 19.3. The maximum Gasteiger partial charge on any atom is 0.507 e. The Balaban J connectivity index is 2.51. The van der Waals surface area contributed by atoms with Gasteiger partial charge in [0.15, 0.2) is 17.1 Å². The van der Waals surface area contributed by atoms with Crippen LogP contribution in [0.15, 0.2) is 29.5 Å². The zero-order chi connectivity index (χ0) is 17.3. The largest absolute Gasteiger partial charge is 0.507 e. The van der Waals surface area contributed by atoms with E-state index in [1.807, 2.05) is 0 Å². The standard InChI is InChI=1S/C13H4F4N4O2/c14-12(15)13(16,17)23-11-8(2-1-3-10(11)22-12)21-9(6-20)7(4-18)5-19/h1-3,21H. The fourth-order valence-corrected chi connectivity index (χ4v) is 1.60. The number of alkyl halides is 4. The minimum Gasteiger partial charge on any atom is -0.421 e. The Kier molecular flexibility index (Phi) is 3.73. The second-order valence-electron chi connectivity index (χ2n) is 4.08. The number of ether oxygens (including phenoxy) is 2. The van der Waals surface area contributed by atoms with E-state index in [1.54, 1.807) is 0 Å². The van der Waals surface area contributed by atoms with Crippen LogP contribution in [0.5, 0.6) is 11.5 Å². The number of rotatable bonds is 2. The van der Waals surface area contributed by atoms with Crippen molar-refractivity contribution in [3.8, 4) is 29.7 Å². The van der Waals surface area contributed by atoms with Crippen LogP contribution in [0.1, 0.15) is 0 Å². The summed E-state index contributed by atoms with van der Waals surface area (Å²) < 4.78 is 60.6. The van der Waals surface area contributed by atoms with Gasteiger partial charge in [0, 0.05) is 0 Å². The zero-order valence-corrected chi connectivity index (χ0v) is 10.9. The van der Waals surface area contributed by atoms with Gasteiger partial charge in [0.2, 0.25) is 0 Å². The lowest BCUT2D eigenvalue weighted by atomic mass is 10.2. The van der Waals surface area contributed by atoms with Crippen LogP contribution in [0.2, 0.25) is 0 Å². The van der Waals surface area contributed by atoms with Crippen molar-refractivity contribution in [1.29, 1.82) is 15.8 Å². The van der Waals surface area contributed by atoms with E-state index < -0.39 is 35.0 Å². The van der Waals surface area contributed by atoms with E-state index in [0.717, 1.165) is 18.2 Å². The molecule has 1 aliphatic heterocycles. The maximum atomic E-state index is 13.2. The molecule has 1 aromatic carbocycles. The number of halogens is 4. The van der Waals surface area contributed by atoms with Crippen molar-refractivity contribution in [3.63, 3.8) is 0 Å². The van der Waals surface area contributed by atoms with E-state index in [9.17, 15) is 17.6 Å². The van der Waals surface area contributed by atoms with Gasteiger partial charge in [0.25, 0.3) is 0 Å². The molecule has 1 aliphatic rings. The van der Waals surface area contributed by atoms with Crippen molar-refractivity contribution >= 4 is 5.69 Å². The van der Waals surface area contributed by atoms with Crippen molar-refractivity contribution in [2.75, 3.05) is 5.32 Å². The Morgan fingerprint density at radius 2 is 1.57 bits per heavy atom. The number of fused-ring (bicyclic) bond motifs is 1. The SMILES string of the molecule is N#CC(C#N)=C(C#N)Nc1cccc2c1OC(F)(F)C(F)(F)O2. The summed E-state index contributed by atoms with van der Waals surface area (Å²) in [7, 11) is 0. The molecule has 6 nitrogen and oxygen atoms in total. The highest BCUT2D eigenvalue weighted by Gasteiger charge is 2.66. The third kappa shape index (κ3) is 2.68. The zero-order valence-electron chi connectivity index (χ0n) is 10.9. The first-order valence-electron chi connectivity index (χ1n) is 5.74. The van der Waals surface area contributed by atoms with Gasteiger partial charge in [0.05, 0.1) is 5.69 Å². The predicted molar refractivity (Wildman–Crippen MR) is 65.1 cm³/mol. The van der Waals surface area contributed by atoms with Crippen molar-refractivity contribution in [3.05, 3.63) is 29.5 Å². The number of nitrogens with zero attached hydrogens (tertiary/aromatic N) is 3. The molecule has 1 aromatic rings. The summed E-state index contributed by atoms with van der Waals surface area (Å²) in [6, 6.07) is 7.57. The Hall–Kier alpha value is -3.45. The second kappa shape index (κ2) is 5.39. The Morgan fingerprint density at radius 1 is 0.957 bits per heavy atom. The lowest BCUT2D eigenvalue weighted by Crippen LogP contribution is -2.52. The lowest BCUT2D eigenvalue weighted by molar-refractivity contribution is -0.391. The number of allylic oxidation sites excluding steroid dienone is 2. The molecule has 1 heterocycles. The molecule has 0 atom stereocenters. The number of benzene rings is 1. The average molecular weight is 324 g/mol. The molecule has 0 spiro atoms. The summed E-state index contributed by atoms with van der Waals surface area (Å²) in [6.45, 7) is 0. The van der Waals surface area contributed by atoms with Crippen LogP contribution in [-0.4, -0.2) is 12.2 Å². The molecule has 0 amide bonds. The van der Waals surface area contributed by atoms with E-state index in [0.29, 0.717) is 0 Å². The fraction of sp³-hybridized carbons (Fsp3) is 0.154. The van der Waals surface area contributed by atoms with E-state index in [1.165, 1.54) is 18.2 Å². The molecular weight excluding hydrogens is 320 g/mol. The molecule has 0 saturated carbocycles. The number of nitriles is 3. The molecular formula is C13H4F4N4O2. The van der Waals surface area contributed by atoms with Crippen LogP contribution < -0.4 is 14.8 Å². The van der Waals surface area contributed by atoms with Gasteiger partial charge in [-0.05, 0) is 12.1 Å². The topological polar surface area (TPSA) is 102 Å². The molecule has 0 aromatic heterocycles. The van der Waals surface area contributed by atoms with Crippen LogP contribution in [-0.2, 0) is 0 Å². The molecule has 0 aliphatic carbocycles. The third-order valence-corrected chi connectivity index (χ3v) is 2.63. The van der Waals surface area contributed by atoms with Gasteiger partial charge >= 0.3 is 12.2 Å². The van der Waals surface area contributed by atoms with Crippen LogP contribution >= 0.6 is 0 Å². The van der Waals surface area contributed by atoms with Crippen molar-refractivity contribution < 1.29 is 27.0 Å². The minimum atomic E-state index is -4.94. The Labute approximate surface area is 126 Å². The second-order valence-corrected chi connectivity index (χ2v) is 4.08. The first-order chi connectivity index (χ1) is 10.8. The first-order valence-corrected chi connectivity index (χ1v) is 5.74. The van der Waals surface area contributed by atoms with Crippen LogP contribution in [0.3, 0.4) is 0 Å². The van der Waals surface area contributed by atoms with Crippen LogP contribution in [0, 0.1) is 34.0 Å². The third-order valence-electron chi connectivity index (χ3n) is 2.63. The van der Waals surface area contributed by atoms with Gasteiger partial charge in [0.1, 0.15) is 23.9 Å². The molecule has 1 N–H and O–H groups in total. The molecule has 10 heteroatoms. The Bertz CT molecular complexity index is 799. The number of hydrogen-bond acceptors (Lipinski definition) is 6. The molecule has 0 unspecified atom stereocenters. The van der Waals surface area contributed by atoms with Crippen LogP contribution in [0.25, 0.3) is 0 Å². The van der Waals surface area contributed by atoms with Gasteiger partial charge in [-0.15, -0.1) is 0 Å². The number of para-hydroxylation sites is 1. The summed E-state index contributed by atoms with van der Waals surface area (Å²) in [5.74, 6) is -1.48. The normalized spacial score (nSPS) is 16.2. The predicted octanol–water partition coefficient (Wildman–Crippen LogP) is 2.88. The van der Waals surface area contributed by atoms with E-state index >= 15 is 0 Å². The van der Waals surface area contributed by atoms with Gasteiger partial charge in [-0.2, -0.15) is 33.3 Å². The summed E-state index contributed by atoms with van der Waals surface area (Å²) >= 11 is 0. The minimum absolute atomic E-state index is 0.350. The van der Waals surface area contributed by atoms with Gasteiger partial charge < -0.3 is 14.8 Å². The fourth-order valence-electron chi connectivity index (χ4n) is 1.60. The van der Waals surface area contributed by atoms with E-state index in [4.69, 9.17) is 15.8 Å². The first kappa shape index (κ1) is 15.9. The van der Waals surface area contributed by atoms with Gasteiger partial charge in [-0.25, -0.2) is 0 Å². The molecule has 0 radical (unpaired) electrons. The monoisotopic (exact) mass is 324 g/mol. The smallest absolute Gasteiger partial charge is 0.421 e. The number of anilines is 1. The summed E-state index contributed by atoms with van der Waals surface area (Å²) in [5, 5.41) is 28.5.